The molecule has 0 saturated heterocycles. The minimum Gasteiger partial charge on any atom is -0.476 e. The Morgan fingerprint density at radius 2 is 1.94 bits per heavy atom. The Bertz CT molecular complexity index is 601. The number of nitrogens with zero attached hydrogens (tertiary/aromatic N) is 2. The monoisotopic (exact) mass is 219 g/mol. The van der Waals surface area contributed by atoms with Crippen molar-refractivity contribution in [3.8, 4) is 11.6 Å². The average molecular weight is 219 g/mol. The van der Waals surface area contributed by atoms with Crippen molar-refractivity contribution in [1.82, 2.24) is 14.8 Å². The second-order valence-corrected chi connectivity index (χ2v) is 3.02. The van der Waals surface area contributed by atoms with Gasteiger partial charge in [0.2, 0.25) is 0 Å². The van der Waals surface area contributed by atoms with E-state index in [1.807, 2.05) is 6.07 Å². The Kier molecular flexibility index (Phi) is 2.55. The summed E-state index contributed by atoms with van der Waals surface area (Å²) in [5.74, 6) is -0.150. The maximum atomic E-state index is 11.5. The lowest BCUT2D eigenvalue weighted by molar-refractivity contribution is 0.376. The van der Waals surface area contributed by atoms with E-state index in [0.29, 0.717) is 5.69 Å². The Morgan fingerprint density at radius 3 is 2.56 bits per heavy atom. The lowest BCUT2D eigenvalue weighted by atomic mass is 10.3. The van der Waals surface area contributed by atoms with E-state index >= 15 is 0 Å². The molecule has 1 heterocycles. The molecule has 0 fully saturated rings. The van der Waals surface area contributed by atoms with Crippen LogP contribution in [0.4, 0.5) is 0 Å². The van der Waals surface area contributed by atoms with E-state index in [2.05, 4.69) is 10.1 Å². The lowest BCUT2D eigenvalue weighted by Crippen LogP contribution is -2.31. The van der Waals surface area contributed by atoms with Crippen molar-refractivity contribution in [2.45, 2.75) is 0 Å². The maximum absolute atomic E-state index is 11.5. The summed E-state index contributed by atoms with van der Waals surface area (Å²) in [5, 5.41) is 3.80. The molecule has 0 bridgehead atoms. The Balaban J connectivity index is 2.67. The molecule has 0 saturated carbocycles. The van der Waals surface area contributed by atoms with Gasteiger partial charge >= 0.3 is 11.2 Å². The van der Waals surface area contributed by atoms with Crippen molar-refractivity contribution in [2.75, 3.05) is 7.11 Å². The van der Waals surface area contributed by atoms with Crippen molar-refractivity contribution in [3.63, 3.8) is 0 Å². The summed E-state index contributed by atoms with van der Waals surface area (Å²) in [6, 6.07) is 8.75. The van der Waals surface area contributed by atoms with Gasteiger partial charge in [0.1, 0.15) is 0 Å². The Morgan fingerprint density at radius 1 is 1.25 bits per heavy atom. The number of ether oxygens (including phenoxy) is 1. The van der Waals surface area contributed by atoms with Crippen molar-refractivity contribution >= 4 is 0 Å². The second kappa shape index (κ2) is 4.01. The number of rotatable bonds is 2. The fourth-order valence-corrected chi connectivity index (χ4v) is 1.26. The summed E-state index contributed by atoms with van der Waals surface area (Å²) in [6.45, 7) is 0. The van der Waals surface area contributed by atoms with Crippen LogP contribution >= 0.6 is 0 Å². The van der Waals surface area contributed by atoms with Crippen LogP contribution in [0.1, 0.15) is 0 Å². The molecule has 1 aromatic carbocycles. The number of hydrogen-bond donors (Lipinski definition) is 1. The zero-order chi connectivity index (χ0) is 11.5. The van der Waals surface area contributed by atoms with E-state index < -0.39 is 11.2 Å². The summed E-state index contributed by atoms with van der Waals surface area (Å²) < 4.78 is 5.82. The number of nitrogens with one attached hydrogen (secondary N) is 1. The van der Waals surface area contributed by atoms with E-state index in [1.54, 1.807) is 24.3 Å². The van der Waals surface area contributed by atoms with Crippen LogP contribution in [0.25, 0.3) is 5.69 Å². The molecule has 1 aromatic heterocycles. The van der Waals surface area contributed by atoms with Gasteiger partial charge in [0, 0.05) is 0 Å². The molecule has 0 amide bonds. The molecule has 0 aliphatic heterocycles. The van der Waals surface area contributed by atoms with Gasteiger partial charge in [-0.15, -0.1) is 5.10 Å². The fourth-order valence-electron chi connectivity index (χ4n) is 1.26. The zero-order valence-corrected chi connectivity index (χ0v) is 8.51. The quantitative estimate of drug-likeness (QED) is 0.767. The third kappa shape index (κ3) is 1.72. The molecule has 0 aliphatic rings. The maximum Gasteiger partial charge on any atom is 0.349 e. The number of aromatic nitrogens is 3. The van der Waals surface area contributed by atoms with Crippen LogP contribution in [0.3, 0.4) is 0 Å². The largest absolute Gasteiger partial charge is 0.476 e. The van der Waals surface area contributed by atoms with Gasteiger partial charge in [0.15, 0.2) is 0 Å². The minimum absolute atomic E-state index is 0.150. The third-order valence-electron chi connectivity index (χ3n) is 1.99. The van der Waals surface area contributed by atoms with Crippen molar-refractivity contribution < 1.29 is 4.74 Å². The Hall–Kier alpha value is -2.37. The topological polar surface area (TPSA) is 77.0 Å². The van der Waals surface area contributed by atoms with Gasteiger partial charge in [-0.25, -0.2) is 4.79 Å². The Labute approximate surface area is 90.1 Å². The molecule has 0 aliphatic carbocycles. The molecule has 0 unspecified atom stereocenters. The average Bonchev–Trinajstić information content (AvgIpc) is 2.30. The zero-order valence-electron chi connectivity index (χ0n) is 8.51. The van der Waals surface area contributed by atoms with E-state index in [-0.39, 0.29) is 5.88 Å². The summed E-state index contributed by atoms with van der Waals surface area (Å²) in [4.78, 5) is 24.8. The van der Waals surface area contributed by atoms with Crippen LogP contribution in [-0.2, 0) is 0 Å². The van der Waals surface area contributed by atoms with Gasteiger partial charge in [-0.1, -0.05) is 18.2 Å². The molecule has 2 aromatic rings. The summed E-state index contributed by atoms with van der Waals surface area (Å²) in [7, 11) is 1.32. The summed E-state index contributed by atoms with van der Waals surface area (Å²) >= 11 is 0. The standard InChI is InChI=1S/C10H9N3O3/c1-16-9-8(14)11-10(15)13(12-9)7-5-3-2-4-6-7/h2-6H,1H3,(H,11,14,15). The van der Waals surface area contributed by atoms with Crippen LogP contribution < -0.4 is 16.0 Å². The second-order valence-electron chi connectivity index (χ2n) is 3.02. The molecule has 2 rings (SSSR count). The minimum atomic E-state index is -0.639. The highest BCUT2D eigenvalue weighted by atomic mass is 16.5. The van der Waals surface area contributed by atoms with E-state index in [0.717, 1.165) is 4.68 Å². The summed E-state index contributed by atoms with van der Waals surface area (Å²) in [6.07, 6.45) is 0. The number of aromatic amines is 1. The van der Waals surface area contributed by atoms with Crippen molar-refractivity contribution in [3.05, 3.63) is 51.2 Å². The number of H-pyrrole nitrogens is 1. The predicted molar refractivity (Wildman–Crippen MR) is 57.0 cm³/mol. The van der Waals surface area contributed by atoms with Crippen molar-refractivity contribution in [1.29, 1.82) is 0 Å². The van der Waals surface area contributed by atoms with E-state index in [9.17, 15) is 9.59 Å². The van der Waals surface area contributed by atoms with Crippen LogP contribution in [0, 0.1) is 0 Å². The molecule has 1 N–H and O–H groups in total. The SMILES string of the molecule is COc1nn(-c2ccccc2)c(=O)[nH]c1=O. The lowest BCUT2D eigenvalue weighted by Gasteiger charge is -2.04. The number of benzene rings is 1. The van der Waals surface area contributed by atoms with Gasteiger partial charge in [-0.05, 0) is 12.1 Å². The first kappa shape index (κ1) is 10.2. The highest BCUT2D eigenvalue weighted by Gasteiger charge is 2.07. The molecule has 0 atom stereocenters. The molecule has 82 valence electrons. The first-order valence-electron chi connectivity index (χ1n) is 4.55. The highest BCUT2D eigenvalue weighted by Crippen LogP contribution is 2.02. The van der Waals surface area contributed by atoms with E-state index in [1.165, 1.54) is 7.11 Å². The predicted octanol–water partition coefficient (Wildman–Crippen LogP) is -0.0706. The van der Waals surface area contributed by atoms with Gasteiger partial charge in [-0.3, -0.25) is 9.78 Å². The normalized spacial score (nSPS) is 10.1. The van der Waals surface area contributed by atoms with Gasteiger partial charge in [0.05, 0.1) is 12.8 Å². The molecule has 0 spiro atoms. The molecule has 6 nitrogen and oxygen atoms in total. The number of hydrogen-bond acceptors (Lipinski definition) is 4. The van der Waals surface area contributed by atoms with E-state index in [4.69, 9.17) is 4.74 Å². The first-order valence-corrected chi connectivity index (χ1v) is 4.55. The molecule has 16 heavy (non-hydrogen) atoms. The van der Waals surface area contributed by atoms with Crippen molar-refractivity contribution in [2.24, 2.45) is 0 Å². The molecular formula is C10H9N3O3. The smallest absolute Gasteiger partial charge is 0.349 e. The van der Waals surface area contributed by atoms with Crippen LogP contribution in [0.5, 0.6) is 5.88 Å². The van der Waals surface area contributed by atoms with Crippen LogP contribution in [0.2, 0.25) is 0 Å². The van der Waals surface area contributed by atoms with Crippen LogP contribution in [-0.4, -0.2) is 21.9 Å². The highest BCUT2D eigenvalue weighted by molar-refractivity contribution is 5.29. The molecule has 6 heteroatoms. The van der Waals surface area contributed by atoms with Gasteiger partial charge in [0.25, 0.3) is 5.88 Å². The number of methoxy groups -OCH3 is 1. The molecular weight excluding hydrogens is 210 g/mol. The van der Waals surface area contributed by atoms with Gasteiger partial charge in [-0.2, -0.15) is 4.68 Å². The number of para-hydroxylation sites is 1. The fraction of sp³-hybridized carbons (Fsp3) is 0.100. The third-order valence-corrected chi connectivity index (χ3v) is 1.99. The van der Waals surface area contributed by atoms with Gasteiger partial charge < -0.3 is 4.74 Å². The molecule has 0 radical (unpaired) electrons. The van der Waals surface area contributed by atoms with Crippen LogP contribution in [0.15, 0.2) is 39.9 Å². The summed E-state index contributed by atoms with van der Waals surface area (Å²) in [5.41, 5.74) is -0.682. The first-order chi connectivity index (χ1) is 7.72.